The van der Waals surface area contributed by atoms with E-state index in [1.54, 1.807) is 36.4 Å². The van der Waals surface area contributed by atoms with Crippen molar-refractivity contribution in [2.24, 2.45) is 0 Å². The third-order valence-electron chi connectivity index (χ3n) is 4.68. The molecule has 2 N–H and O–H groups in total. The van der Waals surface area contributed by atoms with E-state index in [2.05, 4.69) is 18.5 Å². The second kappa shape index (κ2) is 7.43. The van der Waals surface area contributed by atoms with E-state index in [-0.39, 0.29) is 4.90 Å². The molecule has 0 aliphatic rings. The summed E-state index contributed by atoms with van der Waals surface area (Å²) in [5, 5.41) is 0.582. The molecule has 2 heterocycles. The molecule has 5 rings (SSSR count). The Bertz CT molecular complexity index is 1440. The van der Waals surface area contributed by atoms with Crippen molar-refractivity contribution in [3.8, 4) is 5.75 Å². The van der Waals surface area contributed by atoms with E-state index in [0.29, 0.717) is 40.0 Å². The molecule has 9 heteroatoms. The summed E-state index contributed by atoms with van der Waals surface area (Å²) in [5.41, 5.74) is 3.32. The minimum absolute atomic E-state index is 0.160. The Morgan fingerprint density at radius 2 is 1.87 bits per heavy atom. The Kier molecular flexibility index (Phi) is 4.61. The molecule has 150 valence electrons. The minimum atomic E-state index is -3.82. The van der Waals surface area contributed by atoms with Crippen LogP contribution in [-0.2, 0) is 16.6 Å². The highest BCUT2D eigenvalue weighted by atomic mass is 32.2. The maximum Gasteiger partial charge on any atom is 0.264 e. The Hall–Kier alpha value is -3.43. The van der Waals surface area contributed by atoms with Crippen LogP contribution in [0.4, 0.5) is 5.69 Å². The number of ether oxygens (including phenoxy) is 1. The van der Waals surface area contributed by atoms with E-state index in [9.17, 15) is 8.42 Å². The van der Waals surface area contributed by atoms with Gasteiger partial charge in [-0.2, -0.15) is 8.75 Å². The van der Waals surface area contributed by atoms with Gasteiger partial charge in [-0.05, 0) is 29.8 Å². The summed E-state index contributed by atoms with van der Waals surface area (Å²) in [6.45, 7) is 0.436. The number of aromatic amines is 1. The molecular weight excluding hydrogens is 420 g/mol. The van der Waals surface area contributed by atoms with Gasteiger partial charge in [0.25, 0.3) is 10.0 Å². The van der Waals surface area contributed by atoms with E-state index in [1.165, 1.54) is 6.20 Å². The number of nitrogens with one attached hydrogen (secondary N) is 2. The maximum atomic E-state index is 13.0. The van der Waals surface area contributed by atoms with Crippen molar-refractivity contribution in [3.63, 3.8) is 0 Å². The molecule has 0 bridgehead atoms. The molecular formula is C21H16N4O3S2. The predicted octanol–water partition coefficient (Wildman–Crippen LogP) is 4.55. The van der Waals surface area contributed by atoms with Crippen molar-refractivity contribution in [1.29, 1.82) is 0 Å². The average Bonchev–Trinajstić information content (AvgIpc) is 3.40. The predicted molar refractivity (Wildman–Crippen MR) is 117 cm³/mol. The number of benzene rings is 3. The third kappa shape index (κ3) is 3.49. The molecule has 0 saturated heterocycles. The Morgan fingerprint density at radius 1 is 1.00 bits per heavy atom. The molecule has 0 unspecified atom stereocenters. The first-order valence-corrected chi connectivity index (χ1v) is 11.3. The van der Waals surface area contributed by atoms with Gasteiger partial charge in [-0.1, -0.05) is 36.4 Å². The standard InChI is InChI=1S/C21H16N4O3S2/c26-30(27,25-18-8-4-7-17-21(18)24-29-23-17)20-12-22-19-11-15(9-10-16(19)20)28-13-14-5-2-1-3-6-14/h1-12,22,25H,13H2. The minimum Gasteiger partial charge on any atom is -0.489 e. The van der Waals surface area contributed by atoms with Gasteiger partial charge in [0.1, 0.15) is 28.3 Å². The van der Waals surface area contributed by atoms with E-state index in [0.717, 1.165) is 17.3 Å². The summed E-state index contributed by atoms with van der Waals surface area (Å²) in [6, 6.07) is 20.4. The van der Waals surface area contributed by atoms with Crippen LogP contribution < -0.4 is 9.46 Å². The van der Waals surface area contributed by atoms with Crippen molar-refractivity contribution < 1.29 is 13.2 Å². The van der Waals surface area contributed by atoms with Gasteiger partial charge in [-0.15, -0.1) is 0 Å². The molecule has 0 atom stereocenters. The van der Waals surface area contributed by atoms with Crippen molar-refractivity contribution in [2.75, 3.05) is 4.72 Å². The zero-order valence-electron chi connectivity index (χ0n) is 15.6. The number of H-pyrrole nitrogens is 1. The second-order valence-corrected chi connectivity index (χ2v) is 8.86. The molecule has 0 amide bonds. The molecule has 3 aromatic carbocycles. The largest absolute Gasteiger partial charge is 0.489 e. The van der Waals surface area contributed by atoms with Crippen LogP contribution in [0.1, 0.15) is 5.56 Å². The quantitative estimate of drug-likeness (QED) is 0.407. The number of nitrogens with zero attached hydrogens (tertiary/aromatic N) is 2. The number of rotatable bonds is 6. The Balaban J connectivity index is 1.42. The van der Waals surface area contributed by atoms with Gasteiger partial charge < -0.3 is 9.72 Å². The summed E-state index contributed by atoms with van der Waals surface area (Å²) in [7, 11) is -3.82. The van der Waals surface area contributed by atoms with Gasteiger partial charge in [-0.25, -0.2) is 8.42 Å². The monoisotopic (exact) mass is 436 g/mol. The zero-order chi connectivity index (χ0) is 20.6. The highest BCUT2D eigenvalue weighted by Gasteiger charge is 2.21. The third-order valence-corrected chi connectivity index (χ3v) is 6.63. The molecule has 30 heavy (non-hydrogen) atoms. The van der Waals surface area contributed by atoms with Gasteiger partial charge in [0, 0.05) is 17.6 Å². The normalized spacial score (nSPS) is 11.7. The van der Waals surface area contributed by atoms with E-state index in [1.807, 2.05) is 30.3 Å². The lowest BCUT2D eigenvalue weighted by molar-refractivity contribution is 0.306. The first-order valence-electron chi connectivity index (χ1n) is 9.12. The lowest BCUT2D eigenvalue weighted by Gasteiger charge is -2.08. The molecule has 0 radical (unpaired) electrons. The lowest BCUT2D eigenvalue weighted by Crippen LogP contribution is -2.12. The number of aromatic nitrogens is 3. The number of hydrogen-bond acceptors (Lipinski definition) is 6. The topological polar surface area (TPSA) is 97.0 Å². The molecule has 0 spiro atoms. The molecule has 0 aliphatic heterocycles. The molecule has 5 aromatic rings. The van der Waals surface area contributed by atoms with E-state index >= 15 is 0 Å². The van der Waals surface area contributed by atoms with Crippen LogP contribution >= 0.6 is 11.7 Å². The van der Waals surface area contributed by atoms with E-state index < -0.39 is 10.0 Å². The Labute approximate surface area is 176 Å². The summed E-state index contributed by atoms with van der Waals surface area (Å²) in [4.78, 5) is 3.19. The fraction of sp³-hybridized carbons (Fsp3) is 0.0476. The molecule has 2 aromatic heterocycles. The highest BCUT2D eigenvalue weighted by Crippen LogP contribution is 2.30. The smallest absolute Gasteiger partial charge is 0.264 e. The maximum absolute atomic E-state index is 13.0. The zero-order valence-corrected chi connectivity index (χ0v) is 17.2. The summed E-state index contributed by atoms with van der Waals surface area (Å²) < 4.78 is 42.9. The summed E-state index contributed by atoms with van der Waals surface area (Å²) in [6.07, 6.45) is 1.48. The molecule has 0 fully saturated rings. The van der Waals surface area contributed by atoms with Crippen LogP contribution in [0.2, 0.25) is 0 Å². The van der Waals surface area contributed by atoms with Crippen molar-refractivity contribution in [2.45, 2.75) is 11.5 Å². The van der Waals surface area contributed by atoms with Crippen molar-refractivity contribution >= 4 is 49.4 Å². The average molecular weight is 437 g/mol. The van der Waals surface area contributed by atoms with Gasteiger partial charge in [0.05, 0.1) is 22.9 Å². The van der Waals surface area contributed by atoms with Crippen LogP contribution in [0.15, 0.2) is 77.8 Å². The number of hydrogen-bond donors (Lipinski definition) is 2. The van der Waals surface area contributed by atoms with Crippen LogP contribution in [-0.4, -0.2) is 22.1 Å². The van der Waals surface area contributed by atoms with Gasteiger partial charge in [0.2, 0.25) is 0 Å². The van der Waals surface area contributed by atoms with Gasteiger partial charge in [0.15, 0.2) is 0 Å². The fourth-order valence-corrected chi connectivity index (χ4v) is 5.02. The highest BCUT2D eigenvalue weighted by molar-refractivity contribution is 7.93. The van der Waals surface area contributed by atoms with Gasteiger partial charge >= 0.3 is 0 Å². The number of fused-ring (bicyclic) bond motifs is 2. The first-order chi connectivity index (χ1) is 14.6. The lowest BCUT2D eigenvalue weighted by atomic mass is 10.2. The number of anilines is 1. The van der Waals surface area contributed by atoms with Crippen LogP contribution in [0.25, 0.3) is 21.9 Å². The SMILES string of the molecule is O=S(=O)(Nc1cccc2nsnc12)c1c[nH]c2cc(OCc3ccccc3)ccc12. The number of sulfonamides is 1. The van der Waals surface area contributed by atoms with Crippen LogP contribution in [0.3, 0.4) is 0 Å². The van der Waals surface area contributed by atoms with Crippen LogP contribution in [0.5, 0.6) is 5.75 Å². The van der Waals surface area contributed by atoms with Crippen LogP contribution in [0, 0.1) is 0 Å². The molecule has 0 aliphatic carbocycles. The fourth-order valence-electron chi connectivity index (χ4n) is 3.22. The molecule has 0 saturated carbocycles. The van der Waals surface area contributed by atoms with E-state index in [4.69, 9.17) is 4.74 Å². The van der Waals surface area contributed by atoms with Gasteiger partial charge in [-0.3, -0.25) is 4.72 Å². The molecule has 7 nitrogen and oxygen atoms in total. The second-order valence-electron chi connectivity index (χ2n) is 6.68. The first kappa shape index (κ1) is 18.6. The summed E-state index contributed by atoms with van der Waals surface area (Å²) in [5.74, 6) is 0.656. The van der Waals surface area contributed by atoms with Crippen molar-refractivity contribution in [1.82, 2.24) is 13.7 Å². The van der Waals surface area contributed by atoms with Crippen molar-refractivity contribution in [3.05, 3.63) is 78.5 Å². The summed E-state index contributed by atoms with van der Waals surface area (Å²) >= 11 is 1.04. The Morgan fingerprint density at radius 3 is 2.73 bits per heavy atom.